The molecular weight excluding hydrogens is 522 g/mol. The number of β-lactam (4-membered cyclic amide) rings is 1. The highest BCUT2D eigenvalue weighted by molar-refractivity contribution is 8.00. The molecule has 0 saturated carbocycles. The zero-order valence-corrected chi connectivity index (χ0v) is 21.2. The van der Waals surface area contributed by atoms with Gasteiger partial charge in [-0.1, -0.05) is 5.16 Å². The Kier molecular flexibility index (Phi) is 6.92. The van der Waals surface area contributed by atoms with Gasteiger partial charge in [0.05, 0.1) is 0 Å². The lowest BCUT2D eigenvalue weighted by Gasteiger charge is -2.49. The zero-order valence-electron chi connectivity index (χ0n) is 19.5. The number of hydrogen-bond donors (Lipinski definition) is 5. The molecule has 15 heteroatoms. The smallest absolute Gasteiger partial charge is 0.352 e. The van der Waals surface area contributed by atoms with Gasteiger partial charge in [0.2, 0.25) is 5.91 Å². The highest BCUT2D eigenvalue weighted by Crippen LogP contribution is 2.41. The predicted octanol–water partition coefficient (Wildman–Crippen LogP) is -0.447. The number of likely N-dealkylation sites (tertiary alicyclic amines) is 1. The monoisotopic (exact) mass is 547 g/mol. The van der Waals surface area contributed by atoms with E-state index in [1.165, 1.54) is 17.1 Å². The molecule has 4 aliphatic heterocycles. The lowest BCUT2D eigenvalue weighted by atomic mass is 10.0. The van der Waals surface area contributed by atoms with Crippen molar-refractivity contribution in [3.8, 4) is 0 Å². The number of aliphatic carboxylic acids is 1. The van der Waals surface area contributed by atoms with Crippen molar-refractivity contribution < 1.29 is 29.5 Å². The van der Waals surface area contributed by atoms with Crippen LogP contribution in [0.1, 0.15) is 25.0 Å². The molecule has 0 unspecified atom stereocenters. The number of amides is 3. The van der Waals surface area contributed by atoms with Crippen molar-refractivity contribution in [2.45, 2.75) is 36.7 Å². The van der Waals surface area contributed by atoms with Crippen LogP contribution in [0, 0.1) is 0 Å². The molecule has 13 nitrogen and oxygen atoms in total. The minimum Gasteiger partial charge on any atom is -0.477 e. The van der Waals surface area contributed by atoms with Crippen molar-refractivity contribution in [2.24, 2.45) is 5.16 Å². The van der Waals surface area contributed by atoms with Crippen LogP contribution in [-0.4, -0.2) is 97.3 Å². The topological polar surface area (TPSA) is 191 Å². The van der Waals surface area contributed by atoms with Gasteiger partial charge in [-0.15, -0.1) is 23.1 Å². The maximum atomic E-state index is 13.1. The van der Waals surface area contributed by atoms with Crippen molar-refractivity contribution >= 4 is 57.6 Å². The number of thioether (sulfide) groups is 1. The second-order valence-electron chi connectivity index (χ2n) is 8.96. The number of carboxylic acid groups (broad SMARTS) is 1. The van der Waals surface area contributed by atoms with Crippen LogP contribution in [0.4, 0.5) is 5.13 Å². The average molecular weight is 548 g/mol. The first-order chi connectivity index (χ1) is 17.8. The highest BCUT2D eigenvalue weighted by atomic mass is 32.2. The zero-order chi connectivity index (χ0) is 26.3. The number of nitrogens with two attached hydrogens (primary N) is 1. The number of oxime groups is 1. The van der Waals surface area contributed by atoms with Gasteiger partial charge in [-0.3, -0.25) is 19.3 Å². The molecule has 196 valence electrons. The van der Waals surface area contributed by atoms with E-state index in [1.54, 1.807) is 6.08 Å². The Balaban J connectivity index is 1.32. The number of carbonyl (C=O) groups excluding carboxylic acids is 3. The number of thiazole rings is 1. The summed E-state index contributed by atoms with van der Waals surface area (Å²) in [5.41, 5.74) is 5.96. The first-order valence-electron chi connectivity index (χ1n) is 11.7. The van der Waals surface area contributed by atoms with Gasteiger partial charge in [-0.25, -0.2) is 9.78 Å². The van der Waals surface area contributed by atoms with Crippen molar-refractivity contribution in [3.63, 3.8) is 0 Å². The molecule has 0 spiro atoms. The number of nitrogens with zero attached hydrogens (tertiary/aromatic N) is 4. The molecule has 5 rings (SSSR count). The van der Waals surface area contributed by atoms with Crippen LogP contribution in [0.2, 0.25) is 0 Å². The van der Waals surface area contributed by atoms with Crippen molar-refractivity contribution in [1.82, 2.24) is 25.4 Å². The number of aromatic nitrogens is 1. The molecule has 0 aliphatic carbocycles. The van der Waals surface area contributed by atoms with Crippen LogP contribution in [0.5, 0.6) is 0 Å². The Hall–Kier alpha value is -3.43. The summed E-state index contributed by atoms with van der Waals surface area (Å²) < 4.78 is 0. The number of nitrogen functional groups attached to an aromatic ring is 1. The average Bonchev–Trinajstić information content (AvgIpc) is 3.48. The number of allylic oxidation sites excluding steroid dienone is 1. The third-order valence-electron chi connectivity index (χ3n) is 6.82. The van der Waals surface area contributed by atoms with Crippen molar-refractivity contribution in [2.75, 3.05) is 31.1 Å². The van der Waals surface area contributed by atoms with E-state index >= 15 is 0 Å². The first-order valence-corrected chi connectivity index (χ1v) is 13.6. The first kappa shape index (κ1) is 25.2. The fourth-order valence-corrected chi connectivity index (χ4v) is 6.87. The lowest BCUT2D eigenvalue weighted by molar-refractivity contribution is -0.150. The molecule has 5 heterocycles. The molecule has 6 N–H and O–H groups in total. The SMILES string of the molecule is Nc1nc(/C(=N/O)C(=O)N[C@@H]2C(=O)N3C(C(=O)O)=C(/C=C4\CCN(C5CCNCC5)C4=O)CS[C@H]23)cs1. The Labute approximate surface area is 219 Å². The standard InChI is InChI=1S/C22H25N7O6S2/c23-22-25-13(9-37-22)14(27-35)17(30)26-15-19(32)29-16(21(33)34)11(8-36-20(15)29)7-10-3-6-28(18(10)31)12-1-4-24-5-2-12/h7,9,12,15,20,24,35H,1-6,8H2,(H2,23,25)(H,26,30)(H,33,34)/b10-7+,27-14-/t15-,20-/m1/s1. The third kappa shape index (κ3) is 4.57. The lowest BCUT2D eigenvalue weighted by Crippen LogP contribution is -2.71. The normalized spacial score (nSPS) is 25.9. The summed E-state index contributed by atoms with van der Waals surface area (Å²) in [6.45, 7) is 2.31. The Morgan fingerprint density at radius 3 is 2.70 bits per heavy atom. The number of carboxylic acids is 1. The second-order valence-corrected chi connectivity index (χ2v) is 11.0. The number of nitrogens with one attached hydrogen (secondary N) is 2. The number of anilines is 1. The van der Waals surface area contributed by atoms with Crippen LogP contribution < -0.4 is 16.4 Å². The molecule has 4 aliphatic rings. The summed E-state index contributed by atoms with van der Waals surface area (Å²) in [6.07, 6.45) is 3.89. The van der Waals surface area contributed by atoms with Gasteiger partial charge in [0.1, 0.15) is 22.8 Å². The van der Waals surface area contributed by atoms with E-state index in [1.807, 2.05) is 4.90 Å². The van der Waals surface area contributed by atoms with Crippen LogP contribution in [0.3, 0.4) is 0 Å². The quantitative estimate of drug-likeness (QED) is 0.103. The van der Waals surface area contributed by atoms with Crippen molar-refractivity contribution in [3.05, 3.63) is 34.0 Å². The maximum Gasteiger partial charge on any atom is 0.352 e. The molecule has 1 aromatic heterocycles. The van der Waals surface area contributed by atoms with Crippen molar-refractivity contribution in [1.29, 1.82) is 0 Å². The molecule has 2 atom stereocenters. The molecule has 37 heavy (non-hydrogen) atoms. The summed E-state index contributed by atoms with van der Waals surface area (Å²) in [7, 11) is 0. The Morgan fingerprint density at radius 2 is 2.05 bits per heavy atom. The van der Waals surface area contributed by atoms with Gasteiger partial charge in [-0.2, -0.15) is 0 Å². The third-order valence-corrected chi connectivity index (χ3v) is 8.80. The van der Waals surface area contributed by atoms with E-state index in [4.69, 9.17) is 5.73 Å². The predicted molar refractivity (Wildman–Crippen MR) is 135 cm³/mol. The summed E-state index contributed by atoms with van der Waals surface area (Å²) in [5.74, 6) is -2.57. The van der Waals surface area contributed by atoms with Crippen LogP contribution in [0.25, 0.3) is 0 Å². The molecule has 3 fully saturated rings. The van der Waals surface area contributed by atoms with E-state index in [0.29, 0.717) is 24.1 Å². The van der Waals surface area contributed by atoms with Gasteiger partial charge >= 0.3 is 5.97 Å². The summed E-state index contributed by atoms with van der Waals surface area (Å²) in [5, 5.41) is 29.0. The minimum atomic E-state index is -1.29. The molecule has 1 aromatic rings. The maximum absolute atomic E-state index is 13.1. The summed E-state index contributed by atoms with van der Waals surface area (Å²) in [4.78, 5) is 57.8. The summed E-state index contributed by atoms with van der Waals surface area (Å²) >= 11 is 2.34. The fourth-order valence-electron chi connectivity index (χ4n) is 5.02. The van der Waals surface area contributed by atoms with Gasteiger partial charge in [0.25, 0.3) is 11.8 Å². The van der Waals surface area contributed by atoms with Gasteiger partial charge < -0.3 is 31.6 Å². The molecule has 0 aromatic carbocycles. The van der Waals surface area contributed by atoms with Gasteiger partial charge in [-0.05, 0) is 44.0 Å². The van der Waals surface area contributed by atoms with E-state index < -0.39 is 34.9 Å². The van der Waals surface area contributed by atoms with Gasteiger partial charge in [0.15, 0.2) is 10.8 Å². The van der Waals surface area contributed by atoms with Crippen LogP contribution in [-0.2, 0) is 19.2 Å². The van der Waals surface area contributed by atoms with E-state index in [0.717, 1.165) is 42.2 Å². The van der Waals surface area contributed by atoms with E-state index in [2.05, 4.69) is 20.8 Å². The van der Waals surface area contributed by atoms with Crippen LogP contribution in [0.15, 0.2) is 33.5 Å². The number of piperidine rings is 1. The second kappa shape index (κ2) is 10.1. The summed E-state index contributed by atoms with van der Waals surface area (Å²) in [6, 6.07) is -0.843. The van der Waals surface area contributed by atoms with E-state index in [-0.39, 0.29) is 34.2 Å². The fraction of sp³-hybridized carbons (Fsp3) is 0.455. The molecule has 0 bridgehead atoms. The number of hydrogen-bond acceptors (Lipinski definition) is 11. The Morgan fingerprint density at radius 1 is 1.30 bits per heavy atom. The van der Waals surface area contributed by atoms with Gasteiger partial charge in [0, 0.05) is 29.3 Å². The largest absolute Gasteiger partial charge is 0.477 e. The molecule has 0 radical (unpaired) electrons. The molecule has 3 saturated heterocycles. The minimum absolute atomic E-state index is 0.0576. The Bertz CT molecular complexity index is 1250. The molecular formula is C22H25N7O6S2. The van der Waals surface area contributed by atoms with Crippen LogP contribution >= 0.6 is 23.1 Å². The number of fused-ring (bicyclic) bond motifs is 1. The van der Waals surface area contributed by atoms with E-state index in [9.17, 15) is 29.5 Å². The highest BCUT2D eigenvalue weighted by Gasteiger charge is 2.54. The number of rotatable bonds is 6. The molecule has 3 amide bonds. The number of carbonyl (C=O) groups is 4.